The number of aliphatic hydroxyl groups excluding tert-OH is 1. The molecule has 6 nitrogen and oxygen atoms in total. The quantitative estimate of drug-likeness (QED) is 0.636. The molecule has 0 saturated heterocycles. The Morgan fingerprint density at radius 1 is 1.73 bits per heavy atom. The molecule has 0 spiro atoms. The van der Waals surface area contributed by atoms with E-state index in [1.165, 1.54) is 28.4 Å². The number of hydrogen-bond donors (Lipinski definition) is 2. The molecule has 6 heteroatoms. The molecule has 1 aliphatic rings. The van der Waals surface area contributed by atoms with Crippen LogP contribution in [0, 0.1) is 0 Å². The molecule has 1 heterocycles. The Hall–Kier alpha value is -1.14. The third-order valence-corrected chi connectivity index (χ3v) is 2.49. The molecule has 0 radical (unpaired) electrons. The largest absolute Gasteiger partial charge is 0.390 e. The standard InChI is InChI=1S/C9H16N4O2/c1-12-6-11-13(9(12)15)5-8(14)4-10-7-2-3-7/h6-8,10,14H,2-5H2,1H3. The van der Waals surface area contributed by atoms with Gasteiger partial charge < -0.3 is 10.4 Å². The first-order valence-corrected chi connectivity index (χ1v) is 5.16. The van der Waals surface area contributed by atoms with Gasteiger partial charge in [-0.1, -0.05) is 0 Å². The van der Waals surface area contributed by atoms with Crippen molar-refractivity contribution in [1.29, 1.82) is 0 Å². The highest BCUT2D eigenvalue weighted by Crippen LogP contribution is 2.18. The average molecular weight is 212 g/mol. The van der Waals surface area contributed by atoms with Crippen LogP contribution in [-0.4, -0.2) is 38.1 Å². The molecule has 1 fully saturated rings. The fourth-order valence-electron chi connectivity index (χ4n) is 1.40. The second-order valence-corrected chi connectivity index (χ2v) is 4.04. The molecule has 1 aromatic heterocycles. The van der Waals surface area contributed by atoms with Crippen molar-refractivity contribution in [2.75, 3.05) is 6.54 Å². The summed E-state index contributed by atoms with van der Waals surface area (Å²) in [7, 11) is 1.64. The van der Waals surface area contributed by atoms with Gasteiger partial charge in [-0.05, 0) is 12.8 Å². The highest BCUT2D eigenvalue weighted by Gasteiger charge is 2.21. The minimum atomic E-state index is -0.557. The van der Waals surface area contributed by atoms with Crippen LogP contribution in [0.15, 0.2) is 11.1 Å². The molecule has 1 unspecified atom stereocenters. The Bertz CT molecular complexity index is 380. The summed E-state index contributed by atoms with van der Waals surface area (Å²) in [5.41, 5.74) is -0.194. The van der Waals surface area contributed by atoms with Gasteiger partial charge in [0.25, 0.3) is 0 Å². The Kier molecular flexibility index (Phi) is 2.88. The van der Waals surface area contributed by atoms with Crippen molar-refractivity contribution in [1.82, 2.24) is 19.7 Å². The number of aromatic nitrogens is 3. The molecule has 0 bridgehead atoms. The monoisotopic (exact) mass is 212 g/mol. The van der Waals surface area contributed by atoms with E-state index < -0.39 is 6.10 Å². The third kappa shape index (κ3) is 2.66. The fraction of sp³-hybridized carbons (Fsp3) is 0.778. The Labute approximate surface area is 87.5 Å². The number of rotatable bonds is 5. The van der Waals surface area contributed by atoms with Gasteiger partial charge in [0.05, 0.1) is 12.6 Å². The van der Waals surface area contributed by atoms with Gasteiger partial charge in [-0.15, -0.1) is 0 Å². The maximum absolute atomic E-state index is 11.4. The first-order chi connectivity index (χ1) is 7.16. The molecule has 84 valence electrons. The normalized spacial score (nSPS) is 18.0. The first kappa shape index (κ1) is 10.4. The lowest BCUT2D eigenvalue weighted by atomic mass is 10.3. The summed E-state index contributed by atoms with van der Waals surface area (Å²) in [5.74, 6) is 0. The van der Waals surface area contributed by atoms with Gasteiger partial charge in [-0.2, -0.15) is 5.10 Å². The van der Waals surface area contributed by atoms with E-state index in [1.807, 2.05) is 0 Å². The van der Waals surface area contributed by atoms with Gasteiger partial charge in [0.2, 0.25) is 0 Å². The van der Waals surface area contributed by atoms with Crippen LogP contribution in [0.2, 0.25) is 0 Å². The van der Waals surface area contributed by atoms with Crippen LogP contribution in [-0.2, 0) is 13.6 Å². The molecule has 0 amide bonds. The Morgan fingerprint density at radius 3 is 3.00 bits per heavy atom. The fourth-order valence-corrected chi connectivity index (χ4v) is 1.40. The van der Waals surface area contributed by atoms with E-state index in [2.05, 4.69) is 10.4 Å². The van der Waals surface area contributed by atoms with E-state index in [-0.39, 0.29) is 12.2 Å². The lowest BCUT2D eigenvalue weighted by Crippen LogP contribution is -2.35. The van der Waals surface area contributed by atoms with Gasteiger partial charge in [0.15, 0.2) is 0 Å². The number of nitrogens with zero attached hydrogens (tertiary/aromatic N) is 3. The SMILES string of the molecule is Cn1cnn(CC(O)CNC2CC2)c1=O. The van der Waals surface area contributed by atoms with Gasteiger partial charge >= 0.3 is 5.69 Å². The highest BCUT2D eigenvalue weighted by molar-refractivity contribution is 4.81. The van der Waals surface area contributed by atoms with Crippen molar-refractivity contribution in [3.8, 4) is 0 Å². The Morgan fingerprint density at radius 2 is 2.47 bits per heavy atom. The van der Waals surface area contributed by atoms with Crippen LogP contribution in [0.25, 0.3) is 0 Å². The third-order valence-electron chi connectivity index (χ3n) is 2.49. The smallest absolute Gasteiger partial charge is 0.345 e. The van der Waals surface area contributed by atoms with Crippen LogP contribution in [0.5, 0.6) is 0 Å². The second kappa shape index (κ2) is 4.16. The lowest BCUT2D eigenvalue weighted by Gasteiger charge is -2.10. The molecule has 1 atom stereocenters. The number of nitrogens with one attached hydrogen (secondary N) is 1. The predicted octanol–water partition coefficient (Wildman–Crippen LogP) is -1.31. The van der Waals surface area contributed by atoms with Crippen molar-refractivity contribution >= 4 is 0 Å². The summed E-state index contributed by atoms with van der Waals surface area (Å²) in [6.45, 7) is 0.771. The summed E-state index contributed by atoms with van der Waals surface area (Å²) in [5, 5.41) is 16.7. The molecule has 2 N–H and O–H groups in total. The predicted molar refractivity (Wildman–Crippen MR) is 54.5 cm³/mol. The maximum atomic E-state index is 11.4. The zero-order chi connectivity index (χ0) is 10.8. The summed E-state index contributed by atoms with van der Waals surface area (Å²) in [4.78, 5) is 11.4. The van der Waals surface area contributed by atoms with E-state index >= 15 is 0 Å². The van der Waals surface area contributed by atoms with E-state index in [0.29, 0.717) is 12.6 Å². The molecule has 0 aliphatic heterocycles. The molecular weight excluding hydrogens is 196 g/mol. The molecule has 15 heavy (non-hydrogen) atoms. The molecule has 1 aliphatic carbocycles. The maximum Gasteiger partial charge on any atom is 0.345 e. The second-order valence-electron chi connectivity index (χ2n) is 4.04. The summed E-state index contributed by atoms with van der Waals surface area (Å²) in [6, 6.07) is 0.570. The minimum absolute atomic E-state index is 0.194. The van der Waals surface area contributed by atoms with Crippen molar-refractivity contribution in [2.24, 2.45) is 7.05 Å². The summed E-state index contributed by atoms with van der Waals surface area (Å²) >= 11 is 0. The topological polar surface area (TPSA) is 72.1 Å². The van der Waals surface area contributed by atoms with Gasteiger partial charge in [0.1, 0.15) is 6.33 Å². The zero-order valence-corrected chi connectivity index (χ0v) is 8.76. The van der Waals surface area contributed by atoms with E-state index in [0.717, 1.165) is 0 Å². The summed E-state index contributed by atoms with van der Waals surface area (Å²) < 4.78 is 2.67. The average Bonchev–Trinajstić information content (AvgIpc) is 2.98. The van der Waals surface area contributed by atoms with Crippen LogP contribution in [0.1, 0.15) is 12.8 Å². The van der Waals surface area contributed by atoms with Crippen molar-refractivity contribution < 1.29 is 5.11 Å². The highest BCUT2D eigenvalue weighted by atomic mass is 16.3. The molecule has 1 aromatic rings. The number of aryl methyl sites for hydroxylation is 1. The Balaban J connectivity index is 1.84. The minimum Gasteiger partial charge on any atom is -0.390 e. The van der Waals surface area contributed by atoms with Crippen LogP contribution < -0.4 is 11.0 Å². The number of aliphatic hydroxyl groups is 1. The summed E-state index contributed by atoms with van der Waals surface area (Å²) in [6.07, 6.45) is 3.27. The molecule has 1 saturated carbocycles. The van der Waals surface area contributed by atoms with Gasteiger partial charge in [-0.25, -0.2) is 9.48 Å². The van der Waals surface area contributed by atoms with Crippen LogP contribution in [0.3, 0.4) is 0 Å². The molecule has 0 aromatic carbocycles. The number of hydrogen-bond acceptors (Lipinski definition) is 4. The van der Waals surface area contributed by atoms with E-state index in [4.69, 9.17) is 0 Å². The van der Waals surface area contributed by atoms with E-state index in [9.17, 15) is 9.90 Å². The van der Waals surface area contributed by atoms with Crippen LogP contribution in [0.4, 0.5) is 0 Å². The first-order valence-electron chi connectivity index (χ1n) is 5.16. The van der Waals surface area contributed by atoms with Gasteiger partial charge in [0, 0.05) is 19.6 Å². The molecular formula is C9H16N4O2. The lowest BCUT2D eigenvalue weighted by molar-refractivity contribution is 0.145. The van der Waals surface area contributed by atoms with Crippen molar-refractivity contribution in [3.05, 3.63) is 16.8 Å². The van der Waals surface area contributed by atoms with Crippen molar-refractivity contribution in [3.63, 3.8) is 0 Å². The van der Waals surface area contributed by atoms with Crippen molar-refractivity contribution in [2.45, 2.75) is 31.5 Å². The van der Waals surface area contributed by atoms with Gasteiger partial charge in [-0.3, -0.25) is 4.57 Å². The van der Waals surface area contributed by atoms with Crippen LogP contribution >= 0.6 is 0 Å². The zero-order valence-electron chi connectivity index (χ0n) is 8.76. The molecule has 2 rings (SSSR count). The van der Waals surface area contributed by atoms with E-state index in [1.54, 1.807) is 7.05 Å².